The summed E-state index contributed by atoms with van der Waals surface area (Å²) in [6, 6.07) is 4.05. The number of nitrogens with zero attached hydrogens (tertiary/aromatic N) is 2. The Kier molecular flexibility index (Phi) is 3.14. The number of hydrogen-bond donors (Lipinski definition) is 1. The Hall–Kier alpha value is -1.53. The summed E-state index contributed by atoms with van der Waals surface area (Å²) >= 11 is 3.31. The number of amides is 1. The second kappa shape index (κ2) is 5.26. The monoisotopic (exact) mass is 383 g/mol. The molecule has 1 amide bonds. The van der Waals surface area contributed by atoms with E-state index in [0.29, 0.717) is 0 Å². The summed E-state index contributed by atoms with van der Waals surface area (Å²) in [5.41, 5.74) is 1.87. The molecule has 2 heterocycles. The minimum atomic E-state index is -0.122. The van der Waals surface area contributed by atoms with Crippen molar-refractivity contribution in [2.24, 2.45) is 23.2 Å². The number of thiazole rings is 2. The van der Waals surface area contributed by atoms with Gasteiger partial charge in [0, 0.05) is 0 Å². The first-order valence-corrected chi connectivity index (χ1v) is 11.2. The number of aromatic nitrogens is 2. The molecule has 4 bridgehead atoms. The molecule has 26 heavy (non-hydrogen) atoms. The first-order chi connectivity index (χ1) is 12.6. The molecule has 0 radical (unpaired) electrons. The Labute approximate surface area is 160 Å². The summed E-state index contributed by atoms with van der Waals surface area (Å²) in [5, 5.41) is 5.03. The number of anilines is 1. The first-order valence-electron chi connectivity index (χ1n) is 9.56. The van der Waals surface area contributed by atoms with Gasteiger partial charge in [0.25, 0.3) is 0 Å². The van der Waals surface area contributed by atoms with Crippen molar-refractivity contribution in [3.8, 4) is 0 Å². The molecular weight excluding hydrogens is 362 g/mol. The number of carbonyl (C=O) groups excluding carboxylic acids is 1. The van der Waals surface area contributed by atoms with Crippen LogP contribution in [-0.2, 0) is 4.79 Å². The minimum absolute atomic E-state index is 0.122. The summed E-state index contributed by atoms with van der Waals surface area (Å²) in [7, 11) is 0. The van der Waals surface area contributed by atoms with Gasteiger partial charge in [-0.2, -0.15) is 0 Å². The van der Waals surface area contributed by atoms with Crippen LogP contribution < -0.4 is 5.32 Å². The number of hydrogen-bond acceptors (Lipinski definition) is 5. The summed E-state index contributed by atoms with van der Waals surface area (Å²) in [6.45, 7) is 2.03. The van der Waals surface area contributed by atoms with Crippen molar-refractivity contribution in [1.82, 2.24) is 9.97 Å². The molecule has 4 aliphatic rings. The lowest BCUT2D eigenvalue weighted by atomic mass is 9.49. The van der Waals surface area contributed by atoms with Crippen LogP contribution in [0.15, 0.2) is 12.1 Å². The lowest BCUT2D eigenvalue weighted by molar-refractivity contribution is -0.140. The molecule has 0 spiro atoms. The third kappa shape index (κ3) is 2.21. The summed E-state index contributed by atoms with van der Waals surface area (Å²) in [6.07, 6.45) is 7.35. The quantitative estimate of drug-likeness (QED) is 0.647. The predicted molar refractivity (Wildman–Crippen MR) is 107 cm³/mol. The molecule has 0 saturated heterocycles. The normalized spacial score (nSPS) is 32.6. The number of carbonyl (C=O) groups is 1. The van der Waals surface area contributed by atoms with Crippen molar-refractivity contribution in [3.63, 3.8) is 0 Å². The molecule has 2 aromatic heterocycles. The van der Waals surface area contributed by atoms with Crippen molar-refractivity contribution >= 4 is 54.1 Å². The number of benzene rings is 1. The molecule has 4 fully saturated rings. The van der Waals surface area contributed by atoms with Crippen LogP contribution in [0.25, 0.3) is 20.4 Å². The van der Waals surface area contributed by atoms with Gasteiger partial charge >= 0.3 is 0 Å². The molecule has 4 saturated carbocycles. The number of nitrogens with one attached hydrogen (secondary N) is 1. The standard InChI is InChI=1S/C20H21N3OS2/c1-10-21-14-2-3-15-17(16(14)25-10)26-19(22-15)23-18(24)20-7-11-4-12(8-20)6-13(5-11)9-20/h2-3,11-13H,4-9H2,1H3,(H,22,23,24). The second-order valence-corrected chi connectivity index (χ2v) is 10.9. The summed E-state index contributed by atoms with van der Waals surface area (Å²) in [5.74, 6) is 2.57. The maximum Gasteiger partial charge on any atom is 0.232 e. The fourth-order valence-electron chi connectivity index (χ4n) is 6.16. The average Bonchev–Trinajstić information content (AvgIpc) is 3.15. The number of fused-ring (bicyclic) bond motifs is 3. The largest absolute Gasteiger partial charge is 0.301 e. The second-order valence-electron chi connectivity index (χ2n) is 8.67. The third-order valence-electron chi connectivity index (χ3n) is 6.76. The van der Waals surface area contributed by atoms with E-state index in [1.165, 1.54) is 24.0 Å². The highest BCUT2D eigenvalue weighted by atomic mass is 32.1. The SMILES string of the molecule is Cc1nc2ccc3nc(NC(=O)C45CC6CC(CC(C6)C4)C5)sc3c2s1. The molecule has 0 unspecified atom stereocenters. The highest BCUT2D eigenvalue weighted by Crippen LogP contribution is 2.60. The van der Waals surface area contributed by atoms with E-state index in [4.69, 9.17) is 4.98 Å². The fraction of sp³-hybridized carbons (Fsp3) is 0.550. The molecule has 3 aromatic rings. The molecule has 1 N–H and O–H groups in total. The molecule has 4 aliphatic carbocycles. The van der Waals surface area contributed by atoms with Crippen LogP contribution in [0.3, 0.4) is 0 Å². The van der Waals surface area contributed by atoms with Crippen molar-refractivity contribution in [2.45, 2.75) is 45.4 Å². The van der Waals surface area contributed by atoms with Crippen molar-refractivity contribution in [3.05, 3.63) is 17.1 Å². The zero-order valence-electron chi connectivity index (χ0n) is 14.7. The van der Waals surface area contributed by atoms with E-state index >= 15 is 0 Å². The van der Waals surface area contributed by atoms with Gasteiger partial charge in [-0.1, -0.05) is 11.3 Å². The highest BCUT2D eigenvalue weighted by Gasteiger charge is 2.54. The van der Waals surface area contributed by atoms with Crippen LogP contribution in [0.4, 0.5) is 5.13 Å². The molecular formula is C20H21N3OS2. The van der Waals surface area contributed by atoms with Crippen LogP contribution >= 0.6 is 22.7 Å². The maximum absolute atomic E-state index is 13.3. The Morgan fingerprint density at radius 1 is 1.00 bits per heavy atom. The lowest BCUT2D eigenvalue weighted by Crippen LogP contribution is -2.51. The van der Waals surface area contributed by atoms with Crippen molar-refractivity contribution in [1.29, 1.82) is 0 Å². The molecule has 134 valence electrons. The Morgan fingerprint density at radius 3 is 2.23 bits per heavy atom. The molecule has 1 aromatic carbocycles. The van der Waals surface area contributed by atoms with Gasteiger partial charge in [0.1, 0.15) is 0 Å². The average molecular weight is 384 g/mol. The third-order valence-corrected chi connectivity index (χ3v) is 8.90. The Balaban J connectivity index is 1.34. The zero-order valence-corrected chi connectivity index (χ0v) is 16.4. The van der Waals surface area contributed by atoms with Gasteiger partial charge in [-0.3, -0.25) is 4.79 Å². The van der Waals surface area contributed by atoms with E-state index in [9.17, 15) is 4.79 Å². The Bertz CT molecular complexity index is 1010. The van der Waals surface area contributed by atoms with Crippen LogP contribution in [0, 0.1) is 30.1 Å². The molecule has 6 heteroatoms. The molecule has 7 rings (SSSR count). The van der Waals surface area contributed by atoms with E-state index in [0.717, 1.165) is 62.9 Å². The van der Waals surface area contributed by atoms with Crippen molar-refractivity contribution in [2.75, 3.05) is 5.32 Å². The van der Waals surface area contributed by atoms with E-state index in [2.05, 4.69) is 10.3 Å². The van der Waals surface area contributed by atoms with Gasteiger partial charge in [-0.05, 0) is 75.3 Å². The smallest absolute Gasteiger partial charge is 0.232 e. The van der Waals surface area contributed by atoms with Crippen molar-refractivity contribution < 1.29 is 4.79 Å². The van der Waals surface area contributed by atoms with E-state index in [1.807, 2.05) is 19.1 Å². The number of aryl methyl sites for hydroxylation is 1. The van der Waals surface area contributed by atoms with Gasteiger partial charge in [0.2, 0.25) is 5.91 Å². The minimum Gasteiger partial charge on any atom is -0.301 e. The molecule has 0 atom stereocenters. The lowest BCUT2D eigenvalue weighted by Gasteiger charge is -2.55. The summed E-state index contributed by atoms with van der Waals surface area (Å²) < 4.78 is 2.33. The Morgan fingerprint density at radius 2 is 1.58 bits per heavy atom. The van der Waals surface area contributed by atoms with Crippen LogP contribution in [0.2, 0.25) is 0 Å². The predicted octanol–water partition coefficient (Wildman–Crippen LogP) is 5.37. The topological polar surface area (TPSA) is 54.9 Å². The fourth-order valence-corrected chi connectivity index (χ4v) is 8.16. The van der Waals surface area contributed by atoms with E-state index in [1.54, 1.807) is 22.7 Å². The maximum atomic E-state index is 13.3. The van der Waals surface area contributed by atoms with Gasteiger partial charge in [-0.15, -0.1) is 11.3 Å². The summed E-state index contributed by atoms with van der Waals surface area (Å²) in [4.78, 5) is 22.5. The number of rotatable bonds is 2. The van der Waals surface area contributed by atoms with E-state index in [-0.39, 0.29) is 11.3 Å². The molecule has 0 aliphatic heterocycles. The zero-order chi connectivity index (χ0) is 17.5. The van der Waals surface area contributed by atoms with Gasteiger partial charge in [-0.25, -0.2) is 9.97 Å². The van der Waals surface area contributed by atoms with Gasteiger partial charge < -0.3 is 5.32 Å². The molecule has 4 nitrogen and oxygen atoms in total. The van der Waals surface area contributed by atoms with E-state index < -0.39 is 0 Å². The van der Waals surface area contributed by atoms with Crippen LogP contribution in [-0.4, -0.2) is 15.9 Å². The highest BCUT2D eigenvalue weighted by molar-refractivity contribution is 7.28. The van der Waals surface area contributed by atoms with Crippen LogP contribution in [0.1, 0.15) is 43.5 Å². The van der Waals surface area contributed by atoms with Gasteiger partial charge in [0.15, 0.2) is 5.13 Å². The first kappa shape index (κ1) is 15.5. The van der Waals surface area contributed by atoms with Crippen LogP contribution in [0.5, 0.6) is 0 Å². The van der Waals surface area contributed by atoms with Gasteiger partial charge in [0.05, 0.1) is 30.9 Å².